The number of amides is 2. The molecule has 0 unspecified atom stereocenters. The third-order valence-corrected chi connectivity index (χ3v) is 5.95. The molecule has 2 aromatic carbocycles. The second-order valence-corrected chi connectivity index (χ2v) is 7.66. The summed E-state index contributed by atoms with van der Waals surface area (Å²) >= 11 is 0. The minimum absolute atomic E-state index is 0.0243. The third-order valence-electron chi connectivity index (χ3n) is 5.95. The summed E-state index contributed by atoms with van der Waals surface area (Å²) in [5.41, 5.74) is 4.28. The van der Waals surface area contributed by atoms with E-state index < -0.39 is 6.04 Å². The van der Waals surface area contributed by atoms with Crippen molar-refractivity contribution in [2.24, 2.45) is 0 Å². The highest BCUT2D eigenvalue weighted by Crippen LogP contribution is 2.42. The molecule has 142 valence electrons. The predicted octanol–water partition coefficient (Wildman–Crippen LogP) is 3.26. The SMILES string of the molecule is CCCN1CC(=O)N2[C@H](c3ccccc3)c3[nH]c4ccccc4c3C[C@H]2C1=O. The fourth-order valence-electron chi connectivity index (χ4n) is 4.76. The van der Waals surface area contributed by atoms with Crippen molar-refractivity contribution in [1.82, 2.24) is 14.8 Å². The summed E-state index contributed by atoms with van der Waals surface area (Å²) in [6.07, 6.45) is 1.42. The number of nitrogens with zero attached hydrogens (tertiary/aromatic N) is 2. The monoisotopic (exact) mass is 373 g/mol. The number of hydrogen-bond donors (Lipinski definition) is 1. The lowest BCUT2D eigenvalue weighted by Gasteiger charge is -2.47. The fourth-order valence-corrected chi connectivity index (χ4v) is 4.76. The Balaban J connectivity index is 1.71. The number of benzene rings is 2. The second kappa shape index (κ2) is 6.51. The third kappa shape index (κ3) is 2.46. The van der Waals surface area contributed by atoms with Crippen LogP contribution in [0.15, 0.2) is 54.6 Å². The largest absolute Gasteiger partial charge is 0.356 e. The normalized spacial score (nSPS) is 21.8. The summed E-state index contributed by atoms with van der Waals surface area (Å²) in [5, 5.41) is 1.14. The van der Waals surface area contributed by atoms with E-state index in [4.69, 9.17) is 0 Å². The van der Waals surface area contributed by atoms with E-state index in [1.165, 1.54) is 0 Å². The maximum Gasteiger partial charge on any atom is 0.246 e. The van der Waals surface area contributed by atoms with Crippen LogP contribution in [-0.4, -0.2) is 45.7 Å². The number of carbonyl (C=O) groups is 2. The molecule has 0 spiro atoms. The smallest absolute Gasteiger partial charge is 0.246 e. The van der Waals surface area contributed by atoms with Crippen molar-refractivity contribution in [2.45, 2.75) is 31.8 Å². The van der Waals surface area contributed by atoms with Gasteiger partial charge >= 0.3 is 0 Å². The minimum Gasteiger partial charge on any atom is -0.356 e. The summed E-state index contributed by atoms with van der Waals surface area (Å²) in [6.45, 7) is 2.84. The molecule has 3 aromatic rings. The molecule has 1 aromatic heterocycles. The van der Waals surface area contributed by atoms with Gasteiger partial charge in [-0.2, -0.15) is 0 Å². The molecule has 1 fully saturated rings. The Morgan fingerprint density at radius 2 is 1.79 bits per heavy atom. The number of rotatable bonds is 3. The molecule has 2 amide bonds. The maximum atomic E-state index is 13.3. The van der Waals surface area contributed by atoms with Crippen LogP contribution in [0.4, 0.5) is 0 Å². The van der Waals surface area contributed by atoms with Gasteiger partial charge in [0, 0.05) is 29.6 Å². The van der Waals surface area contributed by atoms with Gasteiger partial charge in [0.15, 0.2) is 0 Å². The first-order valence-corrected chi connectivity index (χ1v) is 9.93. The van der Waals surface area contributed by atoms with E-state index in [0.717, 1.165) is 34.1 Å². The van der Waals surface area contributed by atoms with Crippen molar-refractivity contribution in [3.8, 4) is 0 Å². The van der Waals surface area contributed by atoms with Crippen LogP contribution >= 0.6 is 0 Å². The van der Waals surface area contributed by atoms with Crippen molar-refractivity contribution < 1.29 is 9.59 Å². The standard InChI is InChI=1S/C23H23N3O2/c1-2-12-25-14-20(27)26-19(23(25)28)13-17-16-10-6-7-11-18(16)24-21(17)22(26)15-8-4-3-5-9-15/h3-11,19,22,24H,2,12-14H2,1H3/t19-,22+/m0/s1. The Bertz CT molecular complexity index is 1060. The molecule has 0 bridgehead atoms. The van der Waals surface area contributed by atoms with Crippen LogP contribution in [-0.2, 0) is 16.0 Å². The Hall–Kier alpha value is -3.08. The van der Waals surface area contributed by atoms with E-state index in [1.807, 2.05) is 54.3 Å². The van der Waals surface area contributed by atoms with Gasteiger partial charge in [0.2, 0.25) is 11.8 Å². The number of carbonyl (C=O) groups excluding carboxylic acids is 2. The number of aromatic amines is 1. The van der Waals surface area contributed by atoms with Gasteiger partial charge in [-0.3, -0.25) is 9.59 Å². The van der Waals surface area contributed by atoms with Crippen molar-refractivity contribution in [2.75, 3.05) is 13.1 Å². The first-order chi connectivity index (χ1) is 13.7. The number of hydrogen-bond acceptors (Lipinski definition) is 2. The lowest BCUT2D eigenvalue weighted by Crippen LogP contribution is -2.63. The molecule has 3 heterocycles. The first kappa shape index (κ1) is 17.0. The summed E-state index contributed by atoms with van der Waals surface area (Å²) in [6, 6.07) is 17.5. The summed E-state index contributed by atoms with van der Waals surface area (Å²) in [5.74, 6) is 0.0921. The van der Waals surface area contributed by atoms with E-state index in [0.29, 0.717) is 13.0 Å². The van der Waals surface area contributed by atoms with E-state index in [9.17, 15) is 9.59 Å². The number of aromatic nitrogens is 1. The Morgan fingerprint density at radius 1 is 1.04 bits per heavy atom. The van der Waals surface area contributed by atoms with E-state index in [-0.39, 0.29) is 24.4 Å². The van der Waals surface area contributed by atoms with Gasteiger partial charge in [0.05, 0.1) is 12.6 Å². The Morgan fingerprint density at radius 3 is 2.57 bits per heavy atom. The summed E-state index contributed by atoms with van der Waals surface area (Å²) < 4.78 is 0. The van der Waals surface area contributed by atoms with E-state index in [1.54, 1.807) is 4.90 Å². The van der Waals surface area contributed by atoms with Crippen LogP contribution in [0.2, 0.25) is 0 Å². The van der Waals surface area contributed by atoms with E-state index in [2.05, 4.69) is 17.1 Å². The molecular formula is C23H23N3O2. The zero-order valence-corrected chi connectivity index (χ0v) is 15.9. The predicted molar refractivity (Wildman–Crippen MR) is 108 cm³/mol. The number of nitrogens with one attached hydrogen (secondary N) is 1. The molecule has 2 aliphatic heterocycles. The van der Waals surface area contributed by atoms with Gasteiger partial charge in [-0.25, -0.2) is 0 Å². The summed E-state index contributed by atoms with van der Waals surface area (Å²) in [4.78, 5) is 33.5. The molecule has 2 aliphatic rings. The molecule has 5 heteroatoms. The van der Waals surface area contributed by atoms with Crippen LogP contribution < -0.4 is 0 Å². The number of fused-ring (bicyclic) bond motifs is 4. The van der Waals surface area contributed by atoms with Gasteiger partial charge in [0.1, 0.15) is 6.04 Å². The molecule has 5 nitrogen and oxygen atoms in total. The quantitative estimate of drug-likeness (QED) is 0.766. The highest BCUT2D eigenvalue weighted by atomic mass is 16.2. The lowest BCUT2D eigenvalue weighted by molar-refractivity contribution is -0.158. The number of H-pyrrole nitrogens is 1. The van der Waals surface area contributed by atoms with Crippen LogP contribution in [0.3, 0.4) is 0 Å². The highest BCUT2D eigenvalue weighted by Gasteiger charge is 2.47. The zero-order chi connectivity index (χ0) is 19.3. The van der Waals surface area contributed by atoms with Gasteiger partial charge < -0.3 is 14.8 Å². The minimum atomic E-state index is -0.440. The highest BCUT2D eigenvalue weighted by molar-refractivity contribution is 5.97. The average Bonchev–Trinajstić information content (AvgIpc) is 3.09. The number of para-hydroxylation sites is 1. The fraction of sp³-hybridized carbons (Fsp3) is 0.304. The van der Waals surface area contributed by atoms with Gasteiger partial charge in [-0.15, -0.1) is 0 Å². The van der Waals surface area contributed by atoms with Gasteiger partial charge in [-0.05, 0) is 23.6 Å². The molecule has 5 rings (SSSR count). The molecular weight excluding hydrogens is 350 g/mol. The van der Waals surface area contributed by atoms with Crippen molar-refractivity contribution in [3.05, 3.63) is 71.4 Å². The van der Waals surface area contributed by atoms with Gasteiger partial charge in [-0.1, -0.05) is 55.5 Å². The zero-order valence-electron chi connectivity index (χ0n) is 15.9. The van der Waals surface area contributed by atoms with Gasteiger partial charge in [0.25, 0.3) is 0 Å². The molecule has 1 saturated heterocycles. The molecule has 0 aliphatic carbocycles. The molecule has 0 saturated carbocycles. The Kier molecular flexibility index (Phi) is 3.97. The van der Waals surface area contributed by atoms with Crippen LogP contribution in [0.25, 0.3) is 10.9 Å². The van der Waals surface area contributed by atoms with Crippen molar-refractivity contribution in [1.29, 1.82) is 0 Å². The molecule has 0 radical (unpaired) electrons. The van der Waals surface area contributed by atoms with Crippen LogP contribution in [0.5, 0.6) is 0 Å². The molecule has 1 N–H and O–H groups in total. The number of piperazine rings is 1. The Labute approximate surface area is 163 Å². The first-order valence-electron chi connectivity index (χ1n) is 9.93. The lowest BCUT2D eigenvalue weighted by atomic mass is 9.86. The van der Waals surface area contributed by atoms with Crippen LogP contribution in [0.1, 0.15) is 36.2 Å². The van der Waals surface area contributed by atoms with E-state index >= 15 is 0 Å². The second-order valence-electron chi connectivity index (χ2n) is 7.66. The maximum absolute atomic E-state index is 13.3. The van der Waals surface area contributed by atoms with Crippen LogP contribution in [0, 0.1) is 0 Å². The topological polar surface area (TPSA) is 56.4 Å². The summed E-state index contributed by atoms with van der Waals surface area (Å²) in [7, 11) is 0. The molecule has 2 atom stereocenters. The average molecular weight is 373 g/mol. The van der Waals surface area contributed by atoms with Crippen molar-refractivity contribution in [3.63, 3.8) is 0 Å². The van der Waals surface area contributed by atoms with Crippen molar-refractivity contribution >= 4 is 22.7 Å². The molecule has 28 heavy (non-hydrogen) atoms.